The zero-order chi connectivity index (χ0) is 22.7. The van der Waals surface area contributed by atoms with Crippen LogP contribution in [0.5, 0.6) is 0 Å². The van der Waals surface area contributed by atoms with Crippen LogP contribution < -0.4 is 5.32 Å². The molecule has 0 unspecified atom stereocenters. The molecule has 0 saturated carbocycles. The molecule has 8 heteroatoms. The van der Waals surface area contributed by atoms with Crippen LogP contribution in [0.15, 0.2) is 66.7 Å². The Labute approximate surface area is 188 Å². The largest absolute Gasteiger partial charge is 0.451 e. The van der Waals surface area contributed by atoms with Crippen molar-refractivity contribution >= 4 is 28.9 Å². The fraction of sp³-hybridized carbons (Fsp3) is 0.125. The number of carbonyl (C=O) groups excluding carboxylic acids is 2. The van der Waals surface area contributed by atoms with E-state index in [0.717, 1.165) is 21.8 Å². The van der Waals surface area contributed by atoms with Gasteiger partial charge >= 0.3 is 5.97 Å². The van der Waals surface area contributed by atoms with Crippen LogP contribution in [0.2, 0.25) is 0 Å². The standard InChI is InChI=1S/C24H20FN3O3S/c1-15-23(16(2)28(27-15)19-6-4-3-5-7-19)26-22(29)14-31-24(30)21-13-12-20(32-21)17-8-10-18(25)11-9-17/h3-13H,14H2,1-2H3,(H,26,29). The maximum absolute atomic E-state index is 13.1. The van der Waals surface area contributed by atoms with Gasteiger partial charge in [0, 0.05) is 4.88 Å². The van der Waals surface area contributed by atoms with E-state index in [4.69, 9.17) is 4.74 Å². The molecule has 1 N–H and O–H groups in total. The number of benzene rings is 2. The van der Waals surface area contributed by atoms with Gasteiger partial charge in [0.1, 0.15) is 10.7 Å². The predicted octanol–water partition coefficient (Wildman–Crippen LogP) is 5.15. The highest BCUT2D eigenvalue weighted by atomic mass is 32.1. The van der Waals surface area contributed by atoms with Gasteiger partial charge in [0.05, 0.1) is 22.8 Å². The van der Waals surface area contributed by atoms with E-state index in [2.05, 4.69) is 10.4 Å². The fourth-order valence-electron chi connectivity index (χ4n) is 3.24. The van der Waals surface area contributed by atoms with Gasteiger partial charge in [-0.05, 0) is 55.8 Å². The predicted molar refractivity (Wildman–Crippen MR) is 122 cm³/mol. The van der Waals surface area contributed by atoms with E-state index in [1.165, 1.54) is 23.5 Å². The molecule has 4 rings (SSSR count). The van der Waals surface area contributed by atoms with Gasteiger partial charge in [-0.2, -0.15) is 5.10 Å². The molecule has 2 aromatic heterocycles. The van der Waals surface area contributed by atoms with Gasteiger partial charge in [0.2, 0.25) is 0 Å². The van der Waals surface area contributed by atoms with Gasteiger partial charge in [-0.1, -0.05) is 30.3 Å². The number of amides is 1. The number of aryl methyl sites for hydroxylation is 1. The van der Waals surface area contributed by atoms with Crippen molar-refractivity contribution in [3.05, 3.63) is 88.8 Å². The topological polar surface area (TPSA) is 73.2 Å². The molecule has 4 aromatic rings. The minimum absolute atomic E-state index is 0.323. The number of esters is 1. The number of halogens is 1. The molecular weight excluding hydrogens is 429 g/mol. The summed E-state index contributed by atoms with van der Waals surface area (Å²) in [7, 11) is 0. The number of hydrogen-bond donors (Lipinski definition) is 1. The lowest BCUT2D eigenvalue weighted by atomic mass is 10.2. The molecule has 0 saturated heterocycles. The lowest BCUT2D eigenvalue weighted by Crippen LogP contribution is -2.21. The first kappa shape index (κ1) is 21.5. The van der Waals surface area contributed by atoms with E-state index in [-0.39, 0.29) is 5.82 Å². The second-order valence-corrected chi connectivity index (χ2v) is 8.17. The number of rotatable bonds is 6. The van der Waals surface area contributed by atoms with Crippen LogP contribution in [0, 0.1) is 19.7 Å². The van der Waals surface area contributed by atoms with Crippen LogP contribution >= 0.6 is 11.3 Å². The second kappa shape index (κ2) is 9.15. The molecule has 0 aliphatic heterocycles. The maximum Gasteiger partial charge on any atom is 0.348 e. The first-order valence-corrected chi connectivity index (χ1v) is 10.7. The van der Waals surface area contributed by atoms with Crippen molar-refractivity contribution in [2.24, 2.45) is 0 Å². The summed E-state index contributed by atoms with van der Waals surface area (Å²) in [5.41, 5.74) is 3.71. The van der Waals surface area contributed by atoms with Crippen LogP contribution in [0.1, 0.15) is 21.1 Å². The molecule has 0 aliphatic rings. The number of nitrogens with one attached hydrogen (secondary N) is 1. The van der Waals surface area contributed by atoms with Crippen molar-refractivity contribution in [2.45, 2.75) is 13.8 Å². The lowest BCUT2D eigenvalue weighted by Gasteiger charge is -2.07. The summed E-state index contributed by atoms with van der Waals surface area (Å²) in [6, 6.07) is 19.0. The Hall–Kier alpha value is -3.78. The molecule has 0 fully saturated rings. The number of aromatic nitrogens is 2. The molecule has 2 aromatic carbocycles. The molecular formula is C24H20FN3O3S. The Kier molecular flexibility index (Phi) is 6.13. The number of ether oxygens (including phenoxy) is 1. The monoisotopic (exact) mass is 449 g/mol. The molecule has 0 bridgehead atoms. The van der Waals surface area contributed by atoms with Crippen LogP contribution in [-0.2, 0) is 9.53 Å². The minimum Gasteiger partial charge on any atom is -0.451 e. The molecule has 2 heterocycles. The van der Waals surface area contributed by atoms with E-state index >= 15 is 0 Å². The number of thiophene rings is 1. The fourth-order valence-corrected chi connectivity index (χ4v) is 4.14. The van der Waals surface area contributed by atoms with Gasteiger partial charge in [-0.15, -0.1) is 11.3 Å². The number of para-hydroxylation sites is 1. The quantitative estimate of drug-likeness (QED) is 0.413. The van der Waals surface area contributed by atoms with Crippen LogP contribution in [-0.4, -0.2) is 28.3 Å². The number of carbonyl (C=O) groups is 2. The lowest BCUT2D eigenvalue weighted by molar-refractivity contribution is -0.119. The number of anilines is 1. The molecule has 1 amide bonds. The normalized spacial score (nSPS) is 10.7. The van der Waals surface area contributed by atoms with E-state index < -0.39 is 18.5 Å². The van der Waals surface area contributed by atoms with Crippen LogP contribution in [0.25, 0.3) is 16.1 Å². The number of hydrogen-bond acceptors (Lipinski definition) is 5. The highest BCUT2D eigenvalue weighted by Crippen LogP contribution is 2.29. The molecule has 0 aliphatic carbocycles. The van der Waals surface area contributed by atoms with Gasteiger partial charge < -0.3 is 10.1 Å². The molecule has 0 atom stereocenters. The maximum atomic E-state index is 13.1. The minimum atomic E-state index is -0.591. The SMILES string of the molecule is Cc1nn(-c2ccccc2)c(C)c1NC(=O)COC(=O)c1ccc(-c2ccc(F)cc2)s1. The Morgan fingerprint density at radius 1 is 1.03 bits per heavy atom. The molecule has 162 valence electrons. The van der Waals surface area contributed by atoms with E-state index in [1.807, 2.05) is 37.3 Å². The smallest absolute Gasteiger partial charge is 0.348 e. The Morgan fingerprint density at radius 3 is 2.47 bits per heavy atom. The van der Waals surface area contributed by atoms with Gasteiger partial charge in [-0.25, -0.2) is 13.9 Å². The molecule has 0 spiro atoms. The van der Waals surface area contributed by atoms with Crippen molar-refractivity contribution in [3.63, 3.8) is 0 Å². The van der Waals surface area contributed by atoms with Crippen molar-refractivity contribution in [3.8, 4) is 16.1 Å². The highest BCUT2D eigenvalue weighted by molar-refractivity contribution is 7.17. The zero-order valence-corrected chi connectivity index (χ0v) is 18.3. The Bertz CT molecular complexity index is 1260. The molecule has 32 heavy (non-hydrogen) atoms. The summed E-state index contributed by atoms with van der Waals surface area (Å²) < 4.78 is 20.0. The zero-order valence-electron chi connectivity index (χ0n) is 17.5. The third kappa shape index (κ3) is 4.60. The van der Waals surface area contributed by atoms with E-state index in [1.54, 1.807) is 35.9 Å². The Morgan fingerprint density at radius 2 is 1.75 bits per heavy atom. The summed E-state index contributed by atoms with van der Waals surface area (Å²) in [6.45, 7) is 3.24. The highest BCUT2D eigenvalue weighted by Gasteiger charge is 2.17. The average molecular weight is 450 g/mol. The van der Waals surface area contributed by atoms with Crippen molar-refractivity contribution in [1.82, 2.24) is 9.78 Å². The Balaban J connectivity index is 1.38. The average Bonchev–Trinajstić information content (AvgIpc) is 3.40. The molecule has 6 nitrogen and oxygen atoms in total. The molecule has 0 radical (unpaired) electrons. The van der Waals surface area contributed by atoms with E-state index in [9.17, 15) is 14.0 Å². The summed E-state index contributed by atoms with van der Waals surface area (Å²) in [5, 5.41) is 7.27. The first-order chi connectivity index (χ1) is 15.4. The van der Waals surface area contributed by atoms with Crippen LogP contribution in [0.4, 0.5) is 10.1 Å². The van der Waals surface area contributed by atoms with Gasteiger partial charge in [-0.3, -0.25) is 4.79 Å². The summed E-state index contributed by atoms with van der Waals surface area (Å²) in [5.74, 6) is -1.37. The van der Waals surface area contributed by atoms with Gasteiger partial charge in [0.15, 0.2) is 6.61 Å². The second-order valence-electron chi connectivity index (χ2n) is 7.09. The van der Waals surface area contributed by atoms with Crippen LogP contribution in [0.3, 0.4) is 0 Å². The van der Waals surface area contributed by atoms with Crippen molar-refractivity contribution in [2.75, 3.05) is 11.9 Å². The third-order valence-electron chi connectivity index (χ3n) is 4.83. The first-order valence-electron chi connectivity index (χ1n) is 9.87. The van der Waals surface area contributed by atoms with Gasteiger partial charge in [0.25, 0.3) is 5.91 Å². The third-order valence-corrected chi connectivity index (χ3v) is 5.94. The van der Waals surface area contributed by atoms with Crippen molar-refractivity contribution < 1.29 is 18.7 Å². The van der Waals surface area contributed by atoms with Crippen molar-refractivity contribution in [1.29, 1.82) is 0 Å². The number of nitrogens with zero attached hydrogens (tertiary/aromatic N) is 2. The summed E-state index contributed by atoms with van der Waals surface area (Å²) in [6.07, 6.45) is 0. The summed E-state index contributed by atoms with van der Waals surface area (Å²) in [4.78, 5) is 25.9. The van der Waals surface area contributed by atoms with E-state index in [0.29, 0.717) is 16.3 Å². The summed E-state index contributed by atoms with van der Waals surface area (Å²) >= 11 is 1.22.